The van der Waals surface area contributed by atoms with Crippen molar-refractivity contribution in [3.8, 4) is 10.4 Å². The Bertz CT molecular complexity index is 1170. The lowest BCUT2D eigenvalue weighted by molar-refractivity contribution is -0.0980. The first-order chi connectivity index (χ1) is 19.8. The highest BCUT2D eigenvalue weighted by Crippen LogP contribution is 2.39. The average Bonchev–Trinajstić information content (AvgIpc) is 3.68. The molecule has 2 aliphatic heterocycles. The number of aliphatic hydroxyl groups is 1. The largest absolute Gasteiger partial charge is 0.392 e. The summed E-state index contributed by atoms with van der Waals surface area (Å²) in [7, 11) is 1.50. The van der Waals surface area contributed by atoms with Crippen LogP contribution in [0.25, 0.3) is 10.4 Å². The lowest BCUT2D eigenvalue weighted by atomic mass is 9.90. The molecule has 0 bridgehead atoms. The van der Waals surface area contributed by atoms with Gasteiger partial charge in [0.1, 0.15) is 6.79 Å². The maximum Gasteiger partial charge on any atom is 0.106 e. The van der Waals surface area contributed by atoms with Crippen molar-refractivity contribution in [3.05, 3.63) is 90.3 Å². The highest BCUT2D eigenvalue weighted by atomic mass is 32.1. The molecule has 2 fully saturated rings. The van der Waals surface area contributed by atoms with Gasteiger partial charge in [-0.05, 0) is 56.3 Å². The van der Waals surface area contributed by atoms with Crippen molar-refractivity contribution in [1.29, 1.82) is 0 Å². The molecule has 1 aromatic heterocycles. The zero-order valence-corrected chi connectivity index (χ0v) is 26.4. The van der Waals surface area contributed by atoms with E-state index in [1.54, 1.807) is 11.3 Å². The van der Waals surface area contributed by atoms with Gasteiger partial charge in [-0.1, -0.05) is 62.9 Å². The topological polar surface area (TPSA) is 82.7 Å². The second kappa shape index (κ2) is 16.6. The fourth-order valence-electron chi connectivity index (χ4n) is 6.27. The first-order valence-electron chi connectivity index (χ1n) is 14.4. The minimum atomic E-state index is -0.248. The van der Waals surface area contributed by atoms with Gasteiger partial charge in [0.25, 0.3) is 0 Å². The van der Waals surface area contributed by atoms with Crippen LogP contribution in [-0.4, -0.2) is 71.5 Å². The smallest absolute Gasteiger partial charge is 0.106 e. The number of fused-ring (bicyclic) bond motifs is 1. The molecule has 0 saturated carbocycles. The first kappa shape index (κ1) is 34.4. The molecule has 5 rings (SSSR count). The van der Waals surface area contributed by atoms with Crippen LogP contribution in [0.5, 0.6) is 0 Å². The molecule has 0 radical (unpaired) electrons. The van der Waals surface area contributed by atoms with E-state index < -0.39 is 0 Å². The van der Waals surface area contributed by atoms with Crippen LogP contribution in [0.4, 0.5) is 0 Å². The Hall–Kier alpha value is -2.84. The molecule has 7 heteroatoms. The number of hydrogen-bond acceptors (Lipinski definition) is 7. The number of hydrogen-bond donors (Lipinski definition) is 2. The number of carbonyl (C=O) groups is 1. The highest BCUT2D eigenvalue weighted by Gasteiger charge is 2.40. The number of carbonyl (C=O) groups excluding carboxylic acids is 1. The van der Waals surface area contributed by atoms with Crippen molar-refractivity contribution >= 4 is 18.1 Å². The summed E-state index contributed by atoms with van der Waals surface area (Å²) < 4.78 is 0. The summed E-state index contributed by atoms with van der Waals surface area (Å²) in [6, 6.07) is 7.60. The molecule has 5 atom stereocenters. The number of likely N-dealkylation sites (tertiary alicyclic amines) is 2. The standard InChI is InChI=1S/C30H39N3OS.C2H4.CH5N.CH2O/c1-19(2)29(33-15-25-8-6-7-9-28(25)22(33)5)17-32-16-27(34)14-26(32)13-23-10-11-24(12-20(23)3)30-21(4)31-18-35-30;3*1-2/h6-12,18-19,25-29,34H,5,13-17H2,1-4H3;1-2H2;2H2,1H3;1H2. The number of aromatic nitrogens is 1. The molecule has 3 heterocycles. The third kappa shape index (κ3) is 8.13. The Morgan fingerprint density at radius 3 is 2.39 bits per heavy atom. The Morgan fingerprint density at radius 1 is 1.12 bits per heavy atom. The SMILES string of the molecule is C=C.C=C1C2C=CC=CC2CN1C(CN1CC(O)CC1Cc1ccc(-c2scnc2C)cc1C)C(C)C.C=O.CN. The number of thiazole rings is 1. The van der Waals surface area contributed by atoms with Crippen molar-refractivity contribution in [1.82, 2.24) is 14.8 Å². The molecule has 0 amide bonds. The Balaban J connectivity index is 0.000000921. The summed E-state index contributed by atoms with van der Waals surface area (Å²) in [5, 5.41) is 10.7. The van der Waals surface area contributed by atoms with Crippen LogP contribution in [0.15, 0.2) is 73.4 Å². The zero-order valence-electron chi connectivity index (χ0n) is 25.6. The van der Waals surface area contributed by atoms with Crippen LogP contribution in [-0.2, 0) is 11.2 Å². The van der Waals surface area contributed by atoms with E-state index in [0.717, 1.165) is 38.2 Å². The molecule has 41 heavy (non-hydrogen) atoms. The lowest BCUT2D eigenvalue weighted by Crippen LogP contribution is -2.47. The van der Waals surface area contributed by atoms with Crippen molar-refractivity contribution in [2.75, 3.05) is 26.7 Å². The van der Waals surface area contributed by atoms with E-state index in [2.05, 4.69) is 110 Å². The number of nitrogens with two attached hydrogens (primary N) is 1. The van der Waals surface area contributed by atoms with Gasteiger partial charge in [-0.2, -0.15) is 0 Å². The van der Waals surface area contributed by atoms with Gasteiger partial charge in [-0.3, -0.25) is 4.90 Å². The predicted molar refractivity (Wildman–Crippen MR) is 175 cm³/mol. The Kier molecular flexibility index (Phi) is 13.9. The van der Waals surface area contributed by atoms with Gasteiger partial charge in [-0.25, -0.2) is 4.98 Å². The molecule has 1 aliphatic carbocycles. The molecular formula is C34H50N4O2S. The van der Waals surface area contributed by atoms with Crippen LogP contribution in [0.3, 0.4) is 0 Å². The van der Waals surface area contributed by atoms with E-state index in [1.165, 1.54) is 34.3 Å². The summed E-state index contributed by atoms with van der Waals surface area (Å²) in [5.74, 6) is 1.49. The van der Waals surface area contributed by atoms with Crippen LogP contribution in [0, 0.1) is 31.6 Å². The molecular weight excluding hydrogens is 528 g/mol. The average molecular weight is 579 g/mol. The molecule has 3 aliphatic rings. The second-order valence-corrected chi connectivity index (χ2v) is 11.9. The molecule has 6 nitrogen and oxygen atoms in total. The number of allylic oxidation sites excluding steroid dienone is 3. The normalized spacial score (nSPS) is 23.6. The maximum atomic E-state index is 10.7. The van der Waals surface area contributed by atoms with Gasteiger partial charge in [0.15, 0.2) is 0 Å². The number of β-amino-alcohol motifs (C(OH)–C–C–N with tert-alkyl or cyclic N) is 1. The van der Waals surface area contributed by atoms with E-state index in [1.807, 2.05) is 12.3 Å². The molecule has 224 valence electrons. The number of aryl methyl sites for hydroxylation is 2. The number of benzene rings is 1. The van der Waals surface area contributed by atoms with E-state index in [4.69, 9.17) is 4.79 Å². The van der Waals surface area contributed by atoms with Gasteiger partial charge >= 0.3 is 0 Å². The lowest BCUT2D eigenvalue weighted by Gasteiger charge is -2.38. The third-order valence-electron chi connectivity index (χ3n) is 8.31. The Morgan fingerprint density at radius 2 is 1.80 bits per heavy atom. The van der Waals surface area contributed by atoms with Crippen LogP contribution in [0.1, 0.15) is 37.1 Å². The number of aliphatic hydroxyl groups excluding tert-OH is 1. The first-order valence-corrected chi connectivity index (χ1v) is 15.3. The van der Waals surface area contributed by atoms with Crippen LogP contribution >= 0.6 is 11.3 Å². The molecule has 2 aromatic rings. The van der Waals surface area contributed by atoms with Crippen molar-refractivity contribution in [2.45, 2.75) is 58.7 Å². The van der Waals surface area contributed by atoms with Gasteiger partial charge in [-0.15, -0.1) is 24.5 Å². The van der Waals surface area contributed by atoms with Gasteiger partial charge in [0.2, 0.25) is 0 Å². The minimum absolute atomic E-state index is 0.248. The summed E-state index contributed by atoms with van der Waals surface area (Å²) in [5.41, 5.74) is 12.7. The quantitative estimate of drug-likeness (QED) is 0.404. The molecule has 1 aromatic carbocycles. The number of nitrogens with zero attached hydrogens (tertiary/aromatic N) is 3. The van der Waals surface area contributed by atoms with E-state index >= 15 is 0 Å². The molecule has 0 spiro atoms. The van der Waals surface area contributed by atoms with Crippen molar-refractivity contribution in [2.24, 2.45) is 23.5 Å². The van der Waals surface area contributed by atoms with Crippen molar-refractivity contribution < 1.29 is 9.90 Å². The van der Waals surface area contributed by atoms with E-state index in [9.17, 15) is 5.11 Å². The fourth-order valence-corrected chi connectivity index (χ4v) is 7.07. The van der Waals surface area contributed by atoms with E-state index in [0.29, 0.717) is 29.8 Å². The zero-order chi connectivity index (χ0) is 30.7. The van der Waals surface area contributed by atoms with Gasteiger partial charge in [0, 0.05) is 49.3 Å². The van der Waals surface area contributed by atoms with Crippen LogP contribution < -0.4 is 5.73 Å². The van der Waals surface area contributed by atoms with Gasteiger partial charge < -0.3 is 20.5 Å². The molecule has 3 N–H and O–H groups in total. The summed E-state index contributed by atoms with van der Waals surface area (Å²) in [6.07, 6.45) is 10.6. The summed E-state index contributed by atoms with van der Waals surface area (Å²) in [4.78, 5) is 18.8. The maximum absolute atomic E-state index is 10.7. The Labute approximate surface area is 252 Å². The van der Waals surface area contributed by atoms with Gasteiger partial charge in [0.05, 0.1) is 22.2 Å². The third-order valence-corrected chi connectivity index (χ3v) is 9.29. The molecule has 5 unspecified atom stereocenters. The fraction of sp³-hybridized carbons (Fsp3) is 0.471. The molecule has 2 saturated heterocycles. The monoisotopic (exact) mass is 578 g/mol. The second-order valence-electron chi connectivity index (χ2n) is 11.0. The summed E-state index contributed by atoms with van der Waals surface area (Å²) >= 11 is 1.71. The minimum Gasteiger partial charge on any atom is -0.392 e. The number of rotatable bonds is 7. The van der Waals surface area contributed by atoms with Crippen molar-refractivity contribution in [3.63, 3.8) is 0 Å². The highest BCUT2D eigenvalue weighted by molar-refractivity contribution is 7.13. The van der Waals surface area contributed by atoms with Crippen LogP contribution in [0.2, 0.25) is 0 Å². The van der Waals surface area contributed by atoms with E-state index in [-0.39, 0.29) is 6.10 Å². The predicted octanol–water partition coefficient (Wildman–Crippen LogP) is 5.81. The summed E-state index contributed by atoms with van der Waals surface area (Å²) in [6.45, 7) is 24.3.